The van der Waals surface area contributed by atoms with E-state index >= 15 is 0 Å². The molecule has 0 unspecified atom stereocenters. The standard InChI is InChI=1S/C12H15NO3/c1-16-11-8-10(12(14)15)6-5-9(11)4-2-3-7-13/h2,4-6,8H,3,7,13H2,1H3,(H,14,15). The zero-order chi connectivity index (χ0) is 12.0. The van der Waals surface area contributed by atoms with E-state index in [0.717, 1.165) is 12.0 Å². The van der Waals surface area contributed by atoms with E-state index in [0.29, 0.717) is 12.3 Å². The van der Waals surface area contributed by atoms with Gasteiger partial charge >= 0.3 is 5.97 Å². The van der Waals surface area contributed by atoms with Crippen molar-refractivity contribution in [1.82, 2.24) is 0 Å². The lowest BCUT2D eigenvalue weighted by molar-refractivity contribution is 0.0696. The van der Waals surface area contributed by atoms with Crippen LogP contribution >= 0.6 is 0 Å². The first-order valence-electron chi connectivity index (χ1n) is 4.97. The van der Waals surface area contributed by atoms with E-state index < -0.39 is 5.97 Å². The van der Waals surface area contributed by atoms with E-state index in [1.165, 1.54) is 13.2 Å². The lowest BCUT2D eigenvalue weighted by atomic mass is 10.1. The Kier molecular flexibility index (Phi) is 4.54. The lowest BCUT2D eigenvalue weighted by Crippen LogP contribution is -1.98. The van der Waals surface area contributed by atoms with E-state index in [1.807, 2.05) is 12.2 Å². The molecular formula is C12H15NO3. The van der Waals surface area contributed by atoms with Gasteiger partial charge in [-0.05, 0) is 25.1 Å². The van der Waals surface area contributed by atoms with Gasteiger partial charge < -0.3 is 15.6 Å². The normalized spacial score (nSPS) is 10.6. The molecule has 1 rings (SSSR count). The summed E-state index contributed by atoms with van der Waals surface area (Å²) in [4.78, 5) is 10.8. The van der Waals surface area contributed by atoms with Crippen molar-refractivity contribution in [2.24, 2.45) is 5.73 Å². The summed E-state index contributed by atoms with van der Waals surface area (Å²) >= 11 is 0. The molecule has 0 fully saturated rings. The second-order valence-corrected chi connectivity index (χ2v) is 3.24. The Morgan fingerprint density at radius 1 is 1.56 bits per heavy atom. The first kappa shape index (κ1) is 12.3. The monoisotopic (exact) mass is 221 g/mol. The van der Waals surface area contributed by atoms with Gasteiger partial charge in [0.05, 0.1) is 12.7 Å². The molecule has 0 amide bonds. The molecule has 0 heterocycles. The van der Waals surface area contributed by atoms with Crippen LogP contribution in [0.2, 0.25) is 0 Å². The van der Waals surface area contributed by atoms with E-state index in [-0.39, 0.29) is 5.56 Å². The molecule has 16 heavy (non-hydrogen) atoms. The maximum atomic E-state index is 10.8. The summed E-state index contributed by atoms with van der Waals surface area (Å²) < 4.78 is 5.12. The Labute approximate surface area is 94.3 Å². The number of carbonyl (C=O) groups is 1. The lowest BCUT2D eigenvalue weighted by Gasteiger charge is -2.05. The summed E-state index contributed by atoms with van der Waals surface area (Å²) in [7, 11) is 1.52. The highest BCUT2D eigenvalue weighted by Crippen LogP contribution is 2.21. The fraction of sp³-hybridized carbons (Fsp3) is 0.250. The molecule has 4 heteroatoms. The Balaban J connectivity index is 2.97. The van der Waals surface area contributed by atoms with Crippen LogP contribution < -0.4 is 10.5 Å². The molecule has 0 atom stereocenters. The van der Waals surface area contributed by atoms with Crippen molar-refractivity contribution < 1.29 is 14.6 Å². The number of carboxylic acid groups (broad SMARTS) is 1. The number of benzene rings is 1. The minimum Gasteiger partial charge on any atom is -0.496 e. The topological polar surface area (TPSA) is 72.5 Å². The number of ether oxygens (including phenoxy) is 1. The van der Waals surface area contributed by atoms with E-state index in [9.17, 15) is 4.79 Å². The minimum atomic E-state index is -0.962. The molecule has 1 aromatic rings. The summed E-state index contributed by atoms with van der Waals surface area (Å²) in [5.74, 6) is -0.413. The predicted molar refractivity (Wildman–Crippen MR) is 62.7 cm³/mol. The number of aromatic carboxylic acids is 1. The van der Waals surface area contributed by atoms with Crippen molar-refractivity contribution in [3.05, 3.63) is 35.4 Å². The van der Waals surface area contributed by atoms with Gasteiger partial charge in [-0.2, -0.15) is 0 Å². The Morgan fingerprint density at radius 3 is 2.88 bits per heavy atom. The van der Waals surface area contributed by atoms with Crippen molar-refractivity contribution >= 4 is 12.0 Å². The van der Waals surface area contributed by atoms with Gasteiger partial charge in [0, 0.05) is 5.56 Å². The minimum absolute atomic E-state index is 0.216. The van der Waals surface area contributed by atoms with Crippen molar-refractivity contribution in [3.63, 3.8) is 0 Å². The van der Waals surface area contributed by atoms with Gasteiger partial charge in [0.25, 0.3) is 0 Å². The molecule has 86 valence electrons. The summed E-state index contributed by atoms with van der Waals surface area (Å²) in [6.07, 6.45) is 4.58. The second-order valence-electron chi connectivity index (χ2n) is 3.24. The molecule has 0 aliphatic heterocycles. The molecule has 0 bridgehead atoms. The van der Waals surface area contributed by atoms with Crippen molar-refractivity contribution in [1.29, 1.82) is 0 Å². The van der Waals surface area contributed by atoms with Gasteiger partial charge in [-0.25, -0.2) is 4.79 Å². The van der Waals surface area contributed by atoms with Crippen LogP contribution in [-0.4, -0.2) is 24.7 Å². The highest BCUT2D eigenvalue weighted by molar-refractivity contribution is 5.88. The van der Waals surface area contributed by atoms with Gasteiger partial charge in [0.15, 0.2) is 0 Å². The van der Waals surface area contributed by atoms with Crippen LogP contribution in [0.3, 0.4) is 0 Å². The quantitative estimate of drug-likeness (QED) is 0.794. The largest absolute Gasteiger partial charge is 0.496 e. The highest BCUT2D eigenvalue weighted by atomic mass is 16.5. The molecule has 0 radical (unpaired) electrons. The molecule has 0 aliphatic rings. The van der Waals surface area contributed by atoms with E-state index in [4.69, 9.17) is 15.6 Å². The molecular weight excluding hydrogens is 206 g/mol. The Bertz CT molecular complexity index is 399. The van der Waals surface area contributed by atoms with Crippen molar-refractivity contribution in [2.45, 2.75) is 6.42 Å². The SMILES string of the molecule is COc1cc(C(=O)O)ccc1C=CCCN. The third kappa shape index (κ3) is 3.10. The van der Waals surface area contributed by atoms with Gasteiger partial charge in [-0.15, -0.1) is 0 Å². The summed E-state index contributed by atoms with van der Waals surface area (Å²) in [6.45, 7) is 0.589. The van der Waals surface area contributed by atoms with Gasteiger partial charge in [0.2, 0.25) is 0 Å². The van der Waals surface area contributed by atoms with Gasteiger partial charge in [0.1, 0.15) is 5.75 Å². The average molecular weight is 221 g/mol. The van der Waals surface area contributed by atoms with Crippen LogP contribution in [0.5, 0.6) is 5.75 Å². The van der Waals surface area contributed by atoms with Crippen LogP contribution in [0.25, 0.3) is 6.08 Å². The van der Waals surface area contributed by atoms with Crippen molar-refractivity contribution in [3.8, 4) is 5.75 Å². The molecule has 3 N–H and O–H groups in total. The van der Waals surface area contributed by atoms with Crippen LogP contribution in [0.15, 0.2) is 24.3 Å². The zero-order valence-electron chi connectivity index (χ0n) is 9.14. The number of nitrogens with two attached hydrogens (primary N) is 1. The maximum absolute atomic E-state index is 10.8. The smallest absolute Gasteiger partial charge is 0.335 e. The van der Waals surface area contributed by atoms with Crippen LogP contribution in [-0.2, 0) is 0 Å². The molecule has 0 spiro atoms. The van der Waals surface area contributed by atoms with Gasteiger partial charge in [-0.3, -0.25) is 0 Å². The van der Waals surface area contributed by atoms with Gasteiger partial charge in [-0.1, -0.05) is 18.2 Å². The third-order valence-corrected chi connectivity index (χ3v) is 2.11. The number of methoxy groups -OCH3 is 1. The third-order valence-electron chi connectivity index (χ3n) is 2.11. The van der Waals surface area contributed by atoms with Crippen molar-refractivity contribution in [2.75, 3.05) is 13.7 Å². The Morgan fingerprint density at radius 2 is 2.31 bits per heavy atom. The first-order valence-corrected chi connectivity index (χ1v) is 4.97. The molecule has 1 aromatic carbocycles. The first-order chi connectivity index (χ1) is 7.69. The second kappa shape index (κ2) is 5.92. The molecule has 4 nitrogen and oxygen atoms in total. The fourth-order valence-electron chi connectivity index (χ4n) is 1.29. The fourth-order valence-corrected chi connectivity index (χ4v) is 1.29. The molecule has 0 saturated carbocycles. The molecule has 0 aromatic heterocycles. The number of hydrogen-bond donors (Lipinski definition) is 2. The summed E-state index contributed by atoms with van der Waals surface area (Å²) in [5.41, 5.74) is 6.43. The summed E-state index contributed by atoms with van der Waals surface area (Å²) in [6, 6.07) is 4.77. The maximum Gasteiger partial charge on any atom is 0.335 e. The van der Waals surface area contributed by atoms with E-state index in [2.05, 4.69) is 0 Å². The molecule has 0 aliphatic carbocycles. The summed E-state index contributed by atoms with van der Waals surface area (Å²) in [5, 5.41) is 8.82. The number of carboxylic acids is 1. The van der Waals surface area contributed by atoms with E-state index in [1.54, 1.807) is 12.1 Å². The van der Waals surface area contributed by atoms with Crippen LogP contribution in [0.1, 0.15) is 22.3 Å². The van der Waals surface area contributed by atoms with Crippen LogP contribution in [0, 0.1) is 0 Å². The van der Waals surface area contributed by atoms with Crippen LogP contribution in [0.4, 0.5) is 0 Å². The number of rotatable bonds is 5. The predicted octanol–water partition coefficient (Wildman–Crippen LogP) is 1.76. The Hall–Kier alpha value is -1.81. The zero-order valence-corrected chi connectivity index (χ0v) is 9.14. The molecule has 0 saturated heterocycles. The average Bonchev–Trinajstić information content (AvgIpc) is 2.29. The highest BCUT2D eigenvalue weighted by Gasteiger charge is 2.06. The number of hydrogen-bond acceptors (Lipinski definition) is 3.